The van der Waals surface area contributed by atoms with Crippen LogP contribution in [0.15, 0.2) is 30.3 Å². The summed E-state index contributed by atoms with van der Waals surface area (Å²) in [7, 11) is 1.66. The van der Waals surface area contributed by atoms with Crippen molar-refractivity contribution in [1.29, 1.82) is 0 Å². The average Bonchev–Trinajstić information content (AvgIpc) is 2.30. The molecular formula is C12H18N2O2. The number of hydrogen-bond acceptors (Lipinski definition) is 2. The van der Waals surface area contributed by atoms with E-state index in [1.165, 1.54) is 10.5 Å². The van der Waals surface area contributed by atoms with Crippen LogP contribution >= 0.6 is 0 Å². The minimum absolute atomic E-state index is 0.0113. The summed E-state index contributed by atoms with van der Waals surface area (Å²) in [6, 6.07) is 9.85. The molecule has 4 nitrogen and oxygen atoms in total. The Morgan fingerprint density at radius 3 is 2.69 bits per heavy atom. The van der Waals surface area contributed by atoms with E-state index in [0.29, 0.717) is 13.1 Å². The molecule has 0 fully saturated rings. The highest BCUT2D eigenvalue weighted by molar-refractivity contribution is 5.73. The normalized spacial score (nSPS) is 9.88. The van der Waals surface area contributed by atoms with Gasteiger partial charge in [0, 0.05) is 20.1 Å². The second-order valence-corrected chi connectivity index (χ2v) is 3.61. The summed E-state index contributed by atoms with van der Waals surface area (Å²) < 4.78 is 0. The van der Waals surface area contributed by atoms with E-state index in [1.54, 1.807) is 7.05 Å². The number of nitrogens with zero attached hydrogens (tertiary/aromatic N) is 1. The molecule has 0 aromatic heterocycles. The summed E-state index contributed by atoms with van der Waals surface area (Å²) in [5.74, 6) is 0. The van der Waals surface area contributed by atoms with Crippen molar-refractivity contribution < 1.29 is 9.90 Å². The van der Waals surface area contributed by atoms with Crippen LogP contribution < -0.4 is 5.32 Å². The summed E-state index contributed by atoms with van der Waals surface area (Å²) in [6.45, 7) is 0.957. The highest BCUT2D eigenvalue weighted by Crippen LogP contribution is 1.98. The van der Waals surface area contributed by atoms with Crippen molar-refractivity contribution in [2.24, 2.45) is 0 Å². The molecule has 2 N–H and O–H groups in total. The number of benzene rings is 1. The van der Waals surface area contributed by atoms with E-state index in [0.717, 1.165) is 6.42 Å². The number of nitrogens with one attached hydrogen (secondary N) is 1. The maximum Gasteiger partial charge on any atom is 0.317 e. The molecule has 1 rings (SSSR count). The maximum absolute atomic E-state index is 11.4. The number of carbonyl (C=O) groups excluding carboxylic acids is 1. The standard InChI is InChI=1S/C12H18N2O2/c1-14(9-10-15)12(16)13-8-7-11-5-3-2-4-6-11/h2-6,15H,7-10H2,1H3,(H,13,16). The molecule has 0 saturated carbocycles. The molecule has 0 atom stereocenters. The fraction of sp³-hybridized carbons (Fsp3) is 0.417. The van der Waals surface area contributed by atoms with Crippen molar-refractivity contribution in [3.8, 4) is 0 Å². The molecule has 4 heteroatoms. The molecule has 16 heavy (non-hydrogen) atoms. The summed E-state index contributed by atoms with van der Waals surface area (Å²) in [4.78, 5) is 12.9. The largest absolute Gasteiger partial charge is 0.395 e. The van der Waals surface area contributed by atoms with Crippen LogP contribution in [0.4, 0.5) is 4.79 Å². The van der Waals surface area contributed by atoms with Crippen LogP contribution in [0.25, 0.3) is 0 Å². The van der Waals surface area contributed by atoms with Gasteiger partial charge in [-0.2, -0.15) is 0 Å². The number of aliphatic hydroxyl groups excluding tert-OH is 1. The highest BCUT2D eigenvalue weighted by Gasteiger charge is 2.05. The molecule has 0 bridgehead atoms. The lowest BCUT2D eigenvalue weighted by molar-refractivity contribution is 0.190. The third-order valence-corrected chi connectivity index (χ3v) is 2.31. The van der Waals surface area contributed by atoms with Crippen molar-refractivity contribution in [2.75, 3.05) is 26.7 Å². The first kappa shape index (κ1) is 12.5. The van der Waals surface area contributed by atoms with E-state index in [2.05, 4.69) is 5.32 Å². The van der Waals surface area contributed by atoms with Gasteiger partial charge >= 0.3 is 6.03 Å². The van der Waals surface area contributed by atoms with E-state index >= 15 is 0 Å². The predicted octanol–water partition coefficient (Wildman–Crippen LogP) is 0.863. The zero-order valence-corrected chi connectivity index (χ0v) is 9.52. The molecule has 0 aliphatic heterocycles. The maximum atomic E-state index is 11.4. The number of aliphatic hydroxyl groups is 1. The molecule has 0 aliphatic rings. The first-order valence-corrected chi connectivity index (χ1v) is 5.38. The van der Waals surface area contributed by atoms with Gasteiger partial charge in [0.05, 0.1) is 6.61 Å². The fourth-order valence-corrected chi connectivity index (χ4v) is 1.34. The second kappa shape index (κ2) is 6.85. The van der Waals surface area contributed by atoms with E-state index in [1.807, 2.05) is 30.3 Å². The zero-order chi connectivity index (χ0) is 11.8. The van der Waals surface area contributed by atoms with Crippen molar-refractivity contribution in [1.82, 2.24) is 10.2 Å². The Morgan fingerprint density at radius 1 is 1.38 bits per heavy atom. The Morgan fingerprint density at radius 2 is 2.06 bits per heavy atom. The van der Waals surface area contributed by atoms with Crippen molar-refractivity contribution in [3.05, 3.63) is 35.9 Å². The number of rotatable bonds is 5. The van der Waals surface area contributed by atoms with Gasteiger partial charge in [0.15, 0.2) is 0 Å². The van der Waals surface area contributed by atoms with Gasteiger partial charge in [0.25, 0.3) is 0 Å². The van der Waals surface area contributed by atoms with Gasteiger partial charge < -0.3 is 15.3 Å². The average molecular weight is 222 g/mol. The van der Waals surface area contributed by atoms with Gasteiger partial charge in [-0.3, -0.25) is 0 Å². The highest BCUT2D eigenvalue weighted by atomic mass is 16.3. The number of amides is 2. The summed E-state index contributed by atoms with van der Waals surface area (Å²) in [5, 5.41) is 11.5. The van der Waals surface area contributed by atoms with Crippen LogP contribution in [0.3, 0.4) is 0 Å². The third-order valence-electron chi connectivity index (χ3n) is 2.31. The summed E-state index contributed by atoms with van der Waals surface area (Å²) in [5.41, 5.74) is 1.20. The first-order chi connectivity index (χ1) is 7.74. The van der Waals surface area contributed by atoms with Crippen molar-refractivity contribution in [3.63, 3.8) is 0 Å². The number of carbonyl (C=O) groups is 1. The monoisotopic (exact) mass is 222 g/mol. The lowest BCUT2D eigenvalue weighted by atomic mass is 10.1. The predicted molar refractivity (Wildman–Crippen MR) is 63.3 cm³/mol. The fourth-order valence-electron chi connectivity index (χ4n) is 1.34. The van der Waals surface area contributed by atoms with Crippen LogP contribution in [0, 0.1) is 0 Å². The molecule has 88 valence electrons. The van der Waals surface area contributed by atoms with Crippen LogP contribution in [-0.2, 0) is 6.42 Å². The van der Waals surface area contributed by atoms with Gasteiger partial charge in [-0.15, -0.1) is 0 Å². The van der Waals surface area contributed by atoms with Gasteiger partial charge in [-0.25, -0.2) is 4.79 Å². The van der Waals surface area contributed by atoms with Crippen molar-refractivity contribution >= 4 is 6.03 Å². The minimum Gasteiger partial charge on any atom is -0.395 e. The van der Waals surface area contributed by atoms with Gasteiger partial charge in [-0.1, -0.05) is 30.3 Å². The molecule has 0 unspecified atom stereocenters. The second-order valence-electron chi connectivity index (χ2n) is 3.61. The van der Waals surface area contributed by atoms with E-state index in [9.17, 15) is 4.79 Å². The lowest BCUT2D eigenvalue weighted by Gasteiger charge is -2.16. The van der Waals surface area contributed by atoms with E-state index in [-0.39, 0.29) is 12.6 Å². The Labute approximate surface area is 95.9 Å². The van der Waals surface area contributed by atoms with E-state index in [4.69, 9.17) is 5.11 Å². The molecule has 0 spiro atoms. The molecule has 0 radical (unpaired) electrons. The lowest BCUT2D eigenvalue weighted by Crippen LogP contribution is -2.39. The van der Waals surface area contributed by atoms with Gasteiger partial charge in [-0.05, 0) is 12.0 Å². The summed E-state index contributed by atoms with van der Waals surface area (Å²) >= 11 is 0. The number of likely N-dealkylation sites (N-methyl/N-ethyl adjacent to an activating group) is 1. The van der Waals surface area contributed by atoms with Crippen molar-refractivity contribution in [2.45, 2.75) is 6.42 Å². The molecule has 0 heterocycles. The van der Waals surface area contributed by atoms with E-state index < -0.39 is 0 Å². The zero-order valence-electron chi connectivity index (χ0n) is 9.52. The van der Waals surface area contributed by atoms with Gasteiger partial charge in [0.1, 0.15) is 0 Å². The Kier molecular flexibility index (Phi) is 5.36. The van der Waals surface area contributed by atoms with Gasteiger partial charge in [0.2, 0.25) is 0 Å². The molecule has 0 aliphatic carbocycles. The van der Waals surface area contributed by atoms with Crippen LogP contribution in [-0.4, -0.2) is 42.8 Å². The Balaban J connectivity index is 2.23. The van der Waals surface area contributed by atoms with Crippen LogP contribution in [0.5, 0.6) is 0 Å². The van der Waals surface area contributed by atoms with Crippen LogP contribution in [0.1, 0.15) is 5.56 Å². The quantitative estimate of drug-likeness (QED) is 0.776. The Hall–Kier alpha value is -1.55. The number of urea groups is 1. The molecule has 0 saturated heterocycles. The van der Waals surface area contributed by atoms with Crippen LogP contribution in [0.2, 0.25) is 0 Å². The molecule has 1 aromatic carbocycles. The third kappa shape index (κ3) is 4.31. The first-order valence-electron chi connectivity index (χ1n) is 5.38. The SMILES string of the molecule is CN(CCO)C(=O)NCCc1ccccc1. The summed E-state index contributed by atoms with van der Waals surface area (Å²) in [6.07, 6.45) is 0.819. The topological polar surface area (TPSA) is 52.6 Å². The number of hydrogen-bond donors (Lipinski definition) is 2. The molecular weight excluding hydrogens is 204 g/mol. The molecule has 1 aromatic rings. The minimum atomic E-state index is -0.148. The Bertz CT molecular complexity index is 314. The smallest absolute Gasteiger partial charge is 0.317 e. The molecule has 2 amide bonds.